The fourth-order valence-corrected chi connectivity index (χ4v) is 1.40. The first-order valence-corrected chi connectivity index (χ1v) is 4.94. The Morgan fingerprint density at radius 2 is 2.21 bits per heavy atom. The van der Waals surface area contributed by atoms with Crippen molar-refractivity contribution in [3.8, 4) is 0 Å². The Morgan fingerprint density at radius 1 is 1.50 bits per heavy atom. The molecule has 3 heteroatoms. The van der Waals surface area contributed by atoms with Crippen molar-refractivity contribution < 1.29 is 4.74 Å². The smallest absolute Gasteiger partial charge is 0.0739 e. The van der Waals surface area contributed by atoms with Gasteiger partial charge < -0.3 is 10.5 Å². The quantitative estimate of drug-likeness (QED) is 0.795. The van der Waals surface area contributed by atoms with E-state index in [0.717, 1.165) is 11.1 Å². The highest BCUT2D eigenvalue weighted by Crippen LogP contribution is 2.16. The lowest BCUT2D eigenvalue weighted by atomic mass is 10.0. The Hall–Kier alpha value is -0.930. The zero-order valence-corrected chi connectivity index (χ0v) is 9.03. The Balaban J connectivity index is 2.73. The summed E-state index contributed by atoms with van der Waals surface area (Å²) < 4.78 is 5.45. The maximum absolute atomic E-state index is 6.03. The van der Waals surface area contributed by atoms with Crippen LogP contribution in [0.15, 0.2) is 18.5 Å². The average Bonchev–Trinajstić information content (AvgIpc) is 2.17. The number of rotatable bonds is 4. The molecule has 0 saturated heterocycles. The van der Waals surface area contributed by atoms with E-state index in [-0.39, 0.29) is 12.1 Å². The van der Waals surface area contributed by atoms with Gasteiger partial charge in [-0.2, -0.15) is 0 Å². The van der Waals surface area contributed by atoms with Crippen molar-refractivity contribution in [2.45, 2.75) is 32.9 Å². The van der Waals surface area contributed by atoms with Crippen molar-refractivity contribution in [2.75, 3.05) is 6.61 Å². The van der Waals surface area contributed by atoms with Crippen molar-refractivity contribution in [3.05, 3.63) is 29.6 Å². The van der Waals surface area contributed by atoms with Crippen LogP contribution in [0, 0.1) is 6.92 Å². The SMILES string of the molecule is CCOC(C)C(N)c1cncc(C)c1. The molecular formula is C11H18N2O. The molecule has 0 aliphatic heterocycles. The minimum Gasteiger partial charge on any atom is -0.377 e. The van der Waals surface area contributed by atoms with Crippen LogP contribution in [-0.2, 0) is 4.74 Å². The van der Waals surface area contributed by atoms with Gasteiger partial charge in [0.05, 0.1) is 12.1 Å². The van der Waals surface area contributed by atoms with Crippen LogP contribution in [0.4, 0.5) is 0 Å². The molecule has 0 bridgehead atoms. The van der Waals surface area contributed by atoms with Crippen LogP contribution < -0.4 is 5.73 Å². The van der Waals surface area contributed by atoms with Crippen LogP contribution in [0.2, 0.25) is 0 Å². The van der Waals surface area contributed by atoms with E-state index in [4.69, 9.17) is 10.5 Å². The molecule has 0 radical (unpaired) electrons. The largest absolute Gasteiger partial charge is 0.377 e. The van der Waals surface area contributed by atoms with Crippen LogP contribution in [0.3, 0.4) is 0 Å². The molecule has 1 rings (SSSR count). The third-order valence-electron chi connectivity index (χ3n) is 2.22. The van der Waals surface area contributed by atoms with Crippen molar-refractivity contribution in [1.29, 1.82) is 0 Å². The number of hydrogen-bond donors (Lipinski definition) is 1. The molecule has 2 atom stereocenters. The lowest BCUT2D eigenvalue weighted by Gasteiger charge is -2.19. The Bertz CT molecular complexity index is 288. The molecular weight excluding hydrogens is 176 g/mol. The van der Waals surface area contributed by atoms with E-state index in [1.54, 1.807) is 6.20 Å². The second-order valence-electron chi connectivity index (χ2n) is 3.48. The first kappa shape index (κ1) is 11.1. The molecule has 0 aromatic carbocycles. The van der Waals surface area contributed by atoms with E-state index in [1.165, 1.54) is 0 Å². The first-order valence-electron chi connectivity index (χ1n) is 4.94. The van der Waals surface area contributed by atoms with Gasteiger partial charge in [0.25, 0.3) is 0 Å². The summed E-state index contributed by atoms with van der Waals surface area (Å²) in [6.07, 6.45) is 3.65. The Morgan fingerprint density at radius 3 is 2.79 bits per heavy atom. The second kappa shape index (κ2) is 5.08. The van der Waals surface area contributed by atoms with E-state index in [9.17, 15) is 0 Å². The normalized spacial score (nSPS) is 15.1. The van der Waals surface area contributed by atoms with E-state index in [2.05, 4.69) is 4.98 Å². The van der Waals surface area contributed by atoms with Crippen molar-refractivity contribution in [3.63, 3.8) is 0 Å². The molecule has 1 aromatic heterocycles. The number of nitrogens with two attached hydrogens (primary N) is 1. The highest BCUT2D eigenvalue weighted by Gasteiger charge is 2.14. The third-order valence-corrected chi connectivity index (χ3v) is 2.22. The summed E-state index contributed by atoms with van der Waals surface area (Å²) in [5, 5.41) is 0. The van der Waals surface area contributed by atoms with Crippen molar-refractivity contribution >= 4 is 0 Å². The number of aryl methyl sites for hydroxylation is 1. The number of ether oxygens (including phenoxy) is 1. The third kappa shape index (κ3) is 2.79. The summed E-state index contributed by atoms with van der Waals surface area (Å²) in [5.41, 5.74) is 8.19. The predicted molar refractivity (Wildman–Crippen MR) is 57.0 cm³/mol. The van der Waals surface area contributed by atoms with Crippen LogP contribution >= 0.6 is 0 Å². The lowest BCUT2D eigenvalue weighted by Crippen LogP contribution is -2.26. The second-order valence-corrected chi connectivity index (χ2v) is 3.48. The zero-order chi connectivity index (χ0) is 10.6. The molecule has 1 aromatic rings. The molecule has 14 heavy (non-hydrogen) atoms. The van der Waals surface area contributed by atoms with Gasteiger partial charge >= 0.3 is 0 Å². The van der Waals surface area contributed by atoms with Gasteiger partial charge in [-0.1, -0.05) is 6.07 Å². The van der Waals surface area contributed by atoms with E-state index in [1.807, 2.05) is 33.0 Å². The lowest BCUT2D eigenvalue weighted by molar-refractivity contribution is 0.0574. The number of pyridine rings is 1. The molecule has 1 heterocycles. The Labute approximate surface area is 85.3 Å². The van der Waals surface area contributed by atoms with Gasteiger partial charge in [0, 0.05) is 19.0 Å². The highest BCUT2D eigenvalue weighted by molar-refractivity contribution is 5.20. The van der Waals surface area contributed by atoms with Gasteiger partial charge in [-0.15, -0.1) is 0 Å². The Kier molecular flexibility index (Phi) is 4.04. The molecule has 0 aliphatic carbocycles. The van der Waals surface area contributed by atoms with Crippen molar-refractivity contribution in [2.24, 2.45) is 5.73 Å². The van der Waals surface area contributed by atoms with Crippen LogP contribution in [-0.4, -0.2) is 17.7 Å². The van der Waals surface area contributed by atoms with Gasteiger partial charge in [-0.3, -0.25) is 4.98 Å². The van der Waals surface area contributed by atoms with Gasteiger partial charge in [-0.05, 0) is 31.9 Å². The summed E-state index contributed by atoms with van der Waals surface area (Å²) in [7, 11) is 0. The summed E-state index contributed by atoms with van der Waals surface area (Å²) in [6, 6.07) is 1.95. The standard InChI is InChI=1S/C11H18N2O/c1-4-14-9(3)11(12)10-5-8(2)6-13-7-10/h5-7,9,11H,4,12H2,1-3H3. The number of nitrogens with zero attached hydrogens (tertiary/aromatic N) is 1. The van der Waals surface area contributed by atoms with Crippen LogP contribution in [0.25, 0.3) is 0 Å². The molecule has 0 amide bonds. The maximum Gasteiger partial charge on any atom is 0.0739 e. The minimum absolute atomic E-state index is 0.0311. The topological polar surface area (TPSA) is 48.1 Å². The summed E-state index contributed by atoms with van der Waals surface area (Å²) >= 11 is 0. The van der Waals surface area contributed by atoms with E-state index >= 15 is 0 Å². The molecule has 0 saturated carbocycles. The molecule has 3 nitrogen and oxygen atoms in total. The monoisotopic (exact) mass is 194 g/mol. The molecule has 2 unspecified atom stereocenters. The molecule has 0 fully saturated rings. The fourth-order valence-electron chi connectivity index (χ4n) is 1.40. The first-order chi connectivity index (χ1) is 6.65. The van der Waals surface area contributed by atoms with E-state index < -0.39 is 0 Å². The van der Waals surface area contributed by atoms with E-state index in [0.29, 0.717) is 6.61 Å². The van der Waals surface area contributed by atoms with Crippen LogP contribution in [0.1, 0.15) is 31.0 Å². The van der Waals surface area contributed by atoms with Gasteiger partial charge in [-0.25, -0.2) is 0 Å². The zero-order valence-electron chi connectivity index (χ0n) is 9.03. The number of hydrogen-bond acceptors (Lipinski definition) is 3. The predicted octanol–water partition coefficient (Wildman–Crippen LogP) is 1.81. The maximum atomic E-state index is 6.03. The molecule has 2 N–H and O–H groups in total. The summed E-state index contributed by atoms with van der Waals surface area (Å²) in [6.45, 7) is 6.65. The van der Waals surface area contributed by atoms with Gasteiger partial charge in [0.15, 0.2) is 0 Å². The van der Waals surface area contributed by atoms with Crippen LogP contribution in [0.5, 0.6) is 0 Å². The molecule has 78 valence electrons. The minimum atomic E-state index is -0.0950. The van der Waals surface area contributed by atoms with Gasteiger partial charge in [0.2, 0.25) is 0 Å². The number of aromatic nitrogens is 1. The summed E-state index contributed by atoms with van der Waals surface area (Å²) in [4.78, 5) is 4.11. The fraction of sp³-hybridized carbons (Fsp3) is 0.545. The average molecular weight is 194 g/mol. The summed E-state index contributed by atoms with van der Waals surface area (Å²) in [5.74, 6) is 0. The van der Waals surface area contributed by atoms with Crippen molar-refractivity contribution in [1.82, 2.24) is 4.98 Å². The van der Waals surface area contributed by atoms with Gasteiger partial charge in [0.1, 0.15) is 0 Å². The molecule has 0 spiro atoms. The highest BCUT2D eigenvalue weighted by atomic mass is 16.5. The molecule has 0 aliphatic rings.